The summed E-state index contributed by atoms with van der Waals surface area (Å²) >= 11 is 0. The van der Waals surface area contributed by atoms with Gasteiger partial charge in [0.2, 0.25) is 0 Å². The van der Waals surface area contributed by atoms with Crippen LogP contribution in [0.2, 0.25) is 0 Å². The third kappa shape index (κ3) is 4.95. The fourth-order valence-electron chi connectivity index (χ4n) is 6.71. The molecule has 3 saturated carbocycles. The van der Waals surface area contributed by atoms with E-state index in [9.17, 15) is 41.7 Å². The summed E-state index contributed by atoms with van der Waals surface area (Å²) in [6.07, 6.45) is 0.484. The van der Waals surface area contributed by atoms with Gasteiger partial charge < -0.3 is 15.3 Å². The number of aliphatic hydroxyl groups is 3. The molecule has 3 N–H and O–H groups in total. The summed E-state index contributed by atoms with van der Waals surface area (Å²) in [4.78, 5) is 0. The van der Waals surface area contributed by atoms with Gasteiger partial charge in [-0.05, 0) is 87.0 Å². The molecule has 0 aliphatic heterocycles. The highest BCUT2D eigenvalue weighted by molar-refractivity contribution is 5.40. The van der Waals surface area contributed by atoms with Crippen LogP contribution >= 0.6 is 0 Å². The molecule has 202 valence electrons. The third-order valence-electron chi connectivity index (χ3n) is 8.78. The number of hydrogen-bond acceptors (Lipinski definition) is 3. The van der Waals surface area contributed by atoms with Crippen molar-refractivity contribution in [2.24, 2.45) is 16.7 Å². The molecule has 36 heavy (non-hydrogen) atoms. The van der Waals surface area contributed by atoms with Gasteiger partial charge in [0.1, 0.15) is 0 Å². The van der Waals surface area contributed by atoms with E-state index >= 15 is 0 Å². The number of fused-ring (bicyclic) bond motifs is 1. The lowest BCUT2D eigenvalue weighted by atomic mass is 9.61. The van der Waals surface area contributed by atoms with Crippen LogP contribution in [0.25, 0.3) is 0 Å². The molecule has 0 radical (unpaired) electrons. The summed E-state index contributed by atoms with van der Waals surface area (Å²) in [5.74, 6) is 0.209. The minimum absolute atomic E-state index is 0.0223. The predicted octanol–water partition coefficient (Wildman–Crippen LogP) is 6.46. The standard InChI is InChI=1S/C27H34F6O3/c1-23-9-2-4-18(6-5-17-14-19(34)16-20(35)15-17)21(23)7-8-22(23)24(12-13-24)10-3-11-25(36,26(28,29)30)27(31,32)33/h3,5-6,8,11,19-21,34-36H,2,4,7,9-10,12-16H2,1H3/t19-,20?,21?,23+/m1/s1. The van der Waals surface area contributed by atoms with E-state index in [4.69, 9.17) is 0 Å². The third-order valence-corrected chi connectivity index (χ3v) is 8.78. The van der Waals surface area contributed by atoms with E-state index in [-0.39, 0.29) is 23.8 Å². The fraction of sp³-hybridized carbons (Fsp3) is 0.704. The summed E-state index contributed by atoms with van der Waals surface area (Å²) in [7, 11) is 0. The Labute approximate surface area is 207 Å². The van der Waals surface area contributed by atoms with Crippen molar-refractivity contribution in [2.75, 3.05) is 0 Å². The number of halogens is 6. The van der Waals surface area contributed by atoms with Crippen molar-refractivity contribution in [3.63, 3.8) is 0 Å². The van der Waals surface area contributed by atoms with Gasteiger partial charge in [0, 0.05) is 0 Å². The van der Waals surface area contributed by atoms with Crippen molar-refractivity contribution in [2.45, 2.75) is 101 Å². The molecule has 2 unspecified atom stereocenters. The molecule has 4 aliphatic carbocycles. The molecule has 0 aromatic rings. The minimum atomic E-state index is -5.86. The van der Waals surface area contributed by atoms with Crippen LogP contribution in [0.3, 0.4) is 0 Å². The van der Waals surface area contributed by atoms with E-state index < -0.39 is 35.6 Å². The molecule has 9 heteroatoms. The van der Waals surface area contributed by atoms with Crippen molar-refractivity contribution in [3.05, 3.63) is 47.1 Å². The number of aliphatic hydroxyl groups excluding tert-OH is 2. The molecule has 3 fully saturated rings. The van der Waals surface area contributed by atoms with Gasteiger partial charge >= 0.3 is 12.4 Å². The van der Waals surface area contributed by atoms with Gasteiger partial charge in [-0.15, -0.1) is 0 Å². The molecular formula is C27H34F6O3. The van der Waals surface area contributed by atoms with Crippen LogP contribution in [-0.4, -0.2) is 45.5 Å². The Hall–Kier alpha value is -1.58. The average molecular weight is 521 g/mol. The second-order valence-electron chi connectivity index (χ2n) is 11.3. The number of alkyl halides is 6. The molecule has 0 spiro atoms. The summed E-state index contributed by atoms with van der Waals surface area (Å²) in [6, 6.07) is 0. The highest BCUT2D eigenvalue weighted by Gasteiger charge is 2.69. The zero-order chi connectivity index (χ0) is 26.6. The SMILES string of the molecule is C[C@]12CCCC(=CC=C3CC(O)C[C@H](O)C3)C1CC=C2C1(CC=CC(O)(C(F)(F)F)C(F)(F)F)CC1. The van der Waals surface area contributed by atoms with Crippen LogP contribution in [0.5, 0.6) is 0 Å². The summed E-state index contributed by atoms with van der Waals surface area (Å²) in [5.41, 5.74) is -2.17. The maximum absolute atomic E-state index is 13.0. The van der Waals surface area contributed by atoms with Crippen LogP contribution in [-0.2, 0) is 0 Å². The first kappa shape index (κ1) is 27.5. The Morgan fingerprint density at radius 1 is 0.972 bits per heavy atom. The second kappa shape index (κ2) is 9.31. The fourth-order valence-corrected chi connectivity index (χ4v) is 6.71. The van der Waals surface area contributed by atoms with Gasteiger partial charge in [-0.3, -0.25) is 0 Å². The first-order valence-electron chi connectivity index (χ1n) is 12.6. The molecule has 4 rings (SSSR count). The van der Waals surface area contributed by atoms with Crippen molar-refractivity contribution in [3.8, 4) is 0 Å². The van der Waals surface area contributed by atoms with Crippen LogP contribution < -0.4 is 0 Å². The molecule has 0 aromatic heterocycles. The lowest BCUT2D eigenvalue weighted by Crippen LogP contribution is -2.55. The Balaban J connectivity index is 1.51. The van der Waals surface area contributed by atoms with E-state index in [1.165, 1.54) is 5.57 Å². The van der Waals surface area contributed by atoms with E-state index in [1.807, 2.05) is 6.08 Å². The lowest BCUT2D eigenvalue weighted by molar-refractivity contribution is -0.347. The monoisotopic (exact) mass is 520 g/mol. The summed E-state index contributed by atoms with van der Waals surface area (Å²) < 4.78 is 78.2. The van der Waals surface area contributed by atoms with Gasteiger partial charge in [-0.25, -0.2) is 0 Å². The molecule has 0 amide bonds. The van der Waals surface area contributed by atoms with Gasteiger partial charge in [-0.2, -0.15) is 26.3 Å². The van der Waals surface area contributed by atoms with Crippen molar-refractivity contribution >= 4 is 0 Å². The van der Waals surface area contributed by atoms with Gasteiger partial charge in [0.15, 0.2) is 0 Å². The molecular weight excluding hydrogens is 486 g/mol. The molecule has 4 aliphatic rings. The van der Waals surface area contributed by atoms with E-state index in [0.29, 0.717) is 32.1 Å². The van der Waals surface area contributed by atoms with Gasteiger partial charge in [0.05, 0.1) is 12.2 Å². The summed E-state index contributed by atoms with van der Waals surface area (Å²) in [5, 5.41) is 29.3. The zero-order valence-corrected chi connectivity index (χ0v) is 20.3. The van der Waals surface area contributed by atoms with Gasteiger partial charge in [0.25, 0.3) is 5.60 Å². The minimum Gasteiger partial charge on any atom is -0.393 e. The lowest BCUT2D eigenvalue weighted by Gasteiger charge is -2.43. The number of rotatable bonds is 5. The van der Waals surface area contributed by atoms with E-state index in [1.54, 1.807) is 0 Å². The Morgan fingerprint density at radius 3 is 2.14 bits per heavy atom. The predicted molar refractivity (Wildman–Crippen MR) is 123 cm³/mol. The smallest absolute Gasteiger partial charge is 0.393 e. The normalized spacial score (nSPS) is 35.4. The van der Waals surface area contributed by atoms with Crippen molar-refractivity contribution in [1.82, 2.24) is 0 Å². The Bertz CT molecular complexity index is 943. The van der Waals surface area contributed by atoms with Crippen molar-refractivity contribution < 1.29 is 41.7 Å². The molecule has 3 nitrogen and oxygen atoms in total. The quantitative estimate of drug-likeness (QED) is 0.288. The highest BCUT2D eigenvalue weighted by Crippen LogP contribution is 2.67. The number of hydrogen-bond donors (Lipinski definition) is 3. The molecule has 0 saturated heterocycles. The van der Waals surface area contributed by atoms with Crippen LogP contribution in [0.1, 0.15) is 71.1 Å². The highest BCUT2D eigenvalue weighted by atomic mass is 19.4. The van der Waals surface area contributed by atoms with Gasteiger partial charge in [-0.1, -0.05) is 47.9 Å². The largest absolute Gasteiger partial charge is 0.429 e. The molecule has 0 aromatic carbocycles. The van der Waals surface area contributed by atoms with E-state index in [2.05, 4.69) is 19.1 Å². The Morgan fingerprint density at radius 2 is 1.58 bits per heavy atom. The topological polar surface area (TPSA) is 60.7 Å². The number of allylic oxidation sites excluding steroid dienone is 6. The van der Waals surface area contributed by atoms with Crippen LogP contribution in [0.4, 0.5) is 26.3 Å². The molecule has 0 bridgehead atoms. The first-order chi connectivity index (χ1) is 16.6. The maximum Gasteiger partial charge on any atom is 0.429 e. The zero-order valence-electron chi connectivity index (χ0n) is 20.3. The second-order valence-corrected chi connectivity index (χ2v) is 11.3. The van der Waals surface area contributed by atoms with Crippen molar-refractivity contribution in [1.29, 1.82) is 0 Å². The molecule has 0 heterocycles. The van der Waals surface area contributed by atoms with Crippen LogP contribution in [0.15, 0.2) is 47.1 Å². The van der Waals surface area contributed by atoms with E-state index in [0.717, 1.165) is 42.9 Å². The Kier molecular flexibility index (Phi) is 7.10. The van der Waals surface area contributed by atoms with Crippen LogP contribution in [0, 0.1) is 16.7 Å². The molecule has 4 atom stereocenters. The first-order valence-corrected chi connectivity index (χ1v) is 12.6. The summed E-state index contributed by atoms with van der Waals surface area (Å²) in [6.45, 7) is 2.15. The average Bonchev–Trinajstić information content (AvgIpc) is 3.42. The maximum atomic E-state index is 13.0.